The molecule has 10 heteroatoms. The van der Waals surface area contributed by atoms with Gasteiger partial charge in [0, 0.05) is 54.8 Å². The first-order valence-electron chi connectivity index (χ1n) is 12.5. The van der Waals surface area contributed by atoms with E-state index in [1.54, 1.807) is 12.4 Å². The molecular weight excluding hydrogens is 456 g/mol. The van der Waals surface area contributed by atoms with Crippen molar-refractivity contribution in [2.45, 2.75) is 32.8 Å². The maximum absolute atomic E-state index is 12.5. The molecule has 1 amide bonds. The summed E-state index contributed by atoms with van der Waals surface area (Å²) >= 11 is 0. The monoisotopic (exact) mass is 486 g/mol. The number of carbonyl (C=O) groups excluding carboxylic acids is 1. The highest BCUT2D eigenvalue weighted by atomic mass is 16.5. The highest BCUT2D eigenvalue weighted by Gasteiger charge is 2.39. The number of nitrogens with zero attached hydrogens (tertiary/aromatic N) is 6. The summed E-state index contributed by atoms with van der Waals surface area (Å²) in [5.41, 5.74) is 2.63. The highest BCUT2D eigenvalue weighted by Crippen LogP contribution is 2.39. The van der Waals surface area contributed by atoms with Gasteiger partial charge >= 0.3 is 0 Å². The Morgan fingerprint density at radius 2 is 2.08 bits per heavy atom. The van der Waals surface area contributed by atoms with Crippen LogP contribution >= 0.6 is 0 Å². The van der Waals surface area contributed by atoms with Gasteiger partial charge in [-0.25, -0.2) is 19.5 Å². The summed E-state index contributed by atoms with van der Waals surface area (Å²) in [5, 5.41) is 12.6. The molecule has 2 fully saturated rings. The van der Waals surface area contributed by atoms with Crippen molar-refractivity contribution in [3.05, 3.63) is 36.8 Å². The van der Waals surface area contributed by atoms with Crippen molar-refractivity contribution in [1.29, 1.82) is 0 Å². The number of nitrogens with one attached hydrogen (secondary N) is 2. The summed E-state index contributed by atoms with van der Waals surface area (Å²) < 4.78 is 7.64. The number of rotatable bonds is 6. The lowest BCUT2D eigenvalue weighted by Gasteiger charge is -2.34. The molecule has 2 aliphatic rings. The first-order chi connectivity index (χ1) is 17.5. The second-order valence-electron chi connectivity index (χ2n) is 9.67. The third-order valence-electron chi connectivity index (χ3n) is 7.22. The van der Waals surface area contributed by atoms with Crippen LogP contribution in [0.5, 0.6) is 0 Å². The number of aromatic nitrogens is 5. The van der Waals surface area contributed by atoms with E-state index >= 15 is 0 Å². The topological polar surface area (TPSA) is 110 Å². The van der Waals surface area contributed by atoms with E-state index in [-0.39, 0.29) is 17.9 Å². The Morgan fingerprint density at radius 3 is 2.86 bits per heavy atom. The van der Waals surface area contributed by atoms with Gasteiger partial charge in [-0.2, -0.15) is 0 Å². The summed E-state index contributed by atoms with van der Waals surface area (Å²) in [7, 11) is 1.82. The fourth-order valence-corrected chi connectivity index (χ4v) is 4.86. The van der Waals surface area contributed by atoms with Crippen LogP contribution in [-0.4, -0.2) is 63.3 Å². The minimum absolute atomic E-state index is 0.0191. The van der Waals surface area contributed by atoms with Crippen molar-refractivity contribution in [3.63, 3.8) is 0 Å². The zero-order chi connectivity index (χ0) is 24.8. The Morgan fingerprint density at radius 1 is 1.22 bits per heavy atom. The molecule has 5 heterocycles. The van der Waals surface area contributed by atoms with E-state index in [4.69, 9.17) is 14.8 Å². The van der Waals surface area contributed by atoms with Gasteiger partial charge in [0.15, 0.2) is 11.5 Å². The van der Waals surface area contributed by atoms with E-state index in [1.165, 1.54) is 0 Å². The zero-order valence-corrected chi connectivity index (χ0v) is 20.7. The van der Waals surface area contributed by atoms with Crippen molar-refractivity contribution >= 4 is 39.6 Å². The molecule has 4 aromatic heterocycles. The summed E-state index contributed by atoms with van der Waals surface area (Å²) in [6, 6.07) is 5.96. The Bertz CT molecular complexity index is 1450. The van der Waals surface area contributed by atoms with Crippen LogP contribution in [0.1, 0.15) is 26.7 Å². The normalized spacial score (nSPS) is 21.6. The molecule has 2 N–H and O–H groups in total. The quantitative estimate of drug-likeness (QED) is 0.426. The first-order valence-corrected chi connectivity index (χ1v) is 12.5. The fourth-order valence-electron chi connectivity index (χ4n) is 4.86. The van der Waals surface area contributed by atoms with Gasteiger partial charge in [0.1, 0.15) is 11.6 Å². The lowest BCUT2D eigenvalue weighted by atomic mass is 10.1. The standard InChI is InChI=1S/C26H30N8O2/c1-4-17-14-33(7-8-36-17)16-5-6-23-31-25(32-34(23)13-16)21-12-29-24(27-3)20-11-28-22(10-19(20)21)30-26(35)18-9-15(18)2/h5-6,10-13,15,17-18H,4,7-9,14H2,1-3H3,(H,27,29)(H,28,30,35)/t15-,17-,18+/m1/s1. The SMILES string of the molecule is CC[C@@H]1CN(c2ccc3nc(-c4cnc(NC)c5cnc(NC(=O)[C@H]6C[C@H]6C)cc45)nn3c2)CCO1. The van der Waals surface area contributed by atoms with E-state index in [9.17, 15) is 4.79 Å². The third-order valence-corrected chi connectivity index (χ3v) is 7.22. The molecule has 6 rings (SSSR count). The minimum Gasteiger partial charge on any atom is -0.375 e. The van der Waals surface area contributed by atoms with E-state index in [0.717, 1.165) is 60.2 Å². The van der Waals surface area contributed by atoms with E-state index in [0.29, 0.717) is 23.4 Å². The number of hydrogen-bond acceptors (Lipinski definition) is 8. The van der Waals surface area contributed by atoms with Crippen LogP contribution in [0.2, 0.25) is 0 Å². The molecule has 1 saturated heterocycles. The third kappa shape index (κ3) is 4.11. The molecule has 1 aliphatic heterocycles. The highest BCUT2D eigenvalue weighted by molar-refractivity contribution is 6.03. The molecular formula is C26H30N8O2. The lowest BCUT2D eigenvalue weighted by molar-refractivity contribution is -0.117. The van der Waals surface area contributed by atoms with Gasteiger partial charge in [0.2, 0.25) is 5.91 Å². The molecule has 10 nitrogen and oxygen atoms in total. The number of ether oxygens (including phenoxy) is 1. The van der Waals surface area contributed by atoms with E-state index in [2.05, 4.69) is 45.4 Å². The van der Waals surface area contributed by atoms with Crippen molar-refractivity contribution < 1.29 is 9.53 Å². The Labute approximate surface area is 209 Å². The van der Waals surface area contributed by atoms with Gasteiger partial charge in [-0.3, -0.25) is 4.79 Å². The second-order valence-corrected chi connectivity index (χ2v) is 9.67. The number of morpholine rings is 1. The largest absolute Gasteiger partial charge is 0.375 e. The number of hydrogen-bond donors (Lipinski definition) is 2. The maximum Gasteiger partial charge on any atom is 0.228 e. The predicted molar refractivity (Wildman–Crippen MR) is 139 cm³/mol. The predicted octanol–water partition coefficient (Wildman–Crippen LogP) is 3.59. The number of anilines is 3. The van der Waals surface area contributed by atoms with Crippen molar-refractivity contribution in [2.75, 3.05) is 42.3 Å². The van der Waals surface area contributed by atoms with Crippen molar-refractivity contribution in [1.82, 2.24) is 24.6 Å². The Balaban J connectivity index is 1.37. The van der Waals surface area contributed by atoms with Crippen LogP contribution in [0.15, 0.2) is 36.8 Å². The average Bonchev–Trinajstić information content (AvgIpc) is 3.50. The summed E-state index contributed by atoms with van der Waals surface area (Å²) in [5.74, 6) is 2.31. The lowest BCUT2D eigenvalue weighted by Crippen LogP contribution is -2.42. The van der Waals surface area contributed by atoms with Crippen LogP contribution in [0.3, 0.4) is 0 Å². The van der Waals surface area contributed by atoms with Crippen molar-refractivity contribution in [2.24, 2.45) is 11.8 Å². The maximum atomic E-state index is 12.5. The molecule has 0 unspecified atom stereocenters. The van der Waals surface area contributed by atoms with Gasteiger partial charge in [-0.1, -0.05) is 13.8 Å². The summed E-state index contributed by atoms with van der Waals surface area (Å²) in [6.45, 7) is 6.68. The smallest absolute Gasteiger partial charge is 0.228 e. The first kappa shape index (κ1) is 22.7. The summed E-state index contributed by atoms with van der Waals surface area (Å²) in [6.07, 6.45) is 7.69. The molecule has 186 valence electrons. The van der Waals surface area contributed by atoms with Crippen LogP contribution in [0.25, 0.3) is 27.8 Å². The van der Waals surface area contributed by atoms with Gasteiger partial charge in [0.25, 0.3) is 0 Å². The molecule has 1 aliphatic carbocycles. The number of amides is 1. The molecule has 4 aromatic rings. The van der Waals surface area contributed by atoms with Gasteiger partial charge in [-0.05, 0) is 37.0 Å². The molecule has 0 bridgehead atoms. The molecule has 1 saturated carbocycles. The zero-order valence-electron chi connectivity index (χ0n) is 20.7. The fraction of sp³-hybridized carbons (Fsp3) is 0.423. The van der Waals surface area contributed by atoms with Crippen molar-refractivity contribution in [3.8, 4) is 11.4 Å². The number of pyridine rings is 3. The average molecular weight is 487 g/mol. The minimum atomic E-state index is 0.0191. The molecule has 3 atom stereocenters. The molecule has 36 heavy (non-hydrogen) atoms. The number of fused-ring (bicyclic) bond motifs is 2. The van der Waals surface area contributed by atoms with Crippen LogP contribution in [-0.2, 0) is 9.53 Å². The van der Waals surface area contributed by atoms with Gasteiger partial charge < -0.3 is 20.3 Å². The Hall–Kier alpha value is -3.79. The van der Waals surface area contributed by atoms with Crippen LogP contribution in [0.4, 0.5) is 17.3 Å². The van der Waals surface area contributed by atoms with E-state index in [1.807, 2.05) is 29.9 Å². The summed E-state index contributed by atoms with van der Waals surface area (Å²) in [4.78, 5) is 28.7. The van der Waals surface area contributed by atoms with Gasteiger partial charge in [-0.15, -0.1) is 5.10 Å². The second kappa shape index (κ2) is 9.02. The van der Waals surface area contributed by atoms with Crippen LogP contribution in [0, 0.1) is 11.8 Å². The molecule has 0 spiro atoms. The van der Waals surface area contributed by atoms with E-state index < -0.39 is 0 Å². The Kier molecular flexibility index (Phi) is 5.67. The number of carbonyl (C=O) groups is 1. The molecule has 0 aromatic carbocycles. The van der Waals surface area contributed by atoms with Crippen LogP contribution < -0.4 is 15.5 Å². The van der Waals surface area contributed by atoms with Gasteiger partial charge in [0.05, 0.1) is 24.6 Å². The molecule has 0 radical (unpaired) electrons.